The van der Waals surface area contributed by atoms with E-state index in [1.807, 2.05) is 0 Å². The van der Waals surface area contributed by atoms with Crippen LogP contribution in [0.3, 0.4) is 0 Å². The van der Waals surface area contributed by atoms with E-state index in [-0.39, 0.29) is 11.3 Å². The van der Waals surface area contributed by atoms with E-state index in [1.165, 1.54) is 18.5 Å². The number of alkyl halides is 3. The third-order valence-electron chi connectivity index (χ3n) is 4.43. The molecular weight excluding hydrogens is 387 g/mol. The summed E-state index contributed by atoms with van der Waals surface area (Å²) < 4.78 is 40.4. The number of halogens is 3. The van der Waals surface area contributed by atoms with Gasteiger partial charge in [-0.05, 0) is 12.1 Å². The summed E-state index contributed by atoms with van der Waals surface area (Å²) in [5, 5.41) is 24.1. The molecule has 1 aromatic carbocycles. The van der Waals surface area contributed by atoms with Gasteiger partial charge in [-0.1, -0.05) is 0 Å². The zero-order valence-corrected chi connectivity index (χ0v) is 13.9. The Hall–Kier alpha value is -3.51. The first-order chi connectivity index (χ1) is 13.1. The number of amides is 1. The quantitative estimate of drug-likeness (QED) is 0.609. The maximum Gasteiger partial charge on any atom is 0.394 e. The van der Waals surface area contributed by atoms with Crippen LogP contribution in [0.2, 0.25) is 0 Å². The van der Waals surface area contributed by atoms with Gasteiger partial charge in [-0.25, -0.2) is 9.67 Å². The number of carbonyl (C=O) groups excluding carboxylic acids is 1. The minimum atomic E-state index is -4.79. The monoisotopic (exact) mass is 399 g/mol. The molecule has 3 rings (SSSR count). The molecule has 2 aromatic rings. The number of aliphatic carboxylic acids is 1. The van der Waals surface area contributed by atoms with Crippen LogP contribution >= 0.6 is 0 Å². The number of nitro benzene ring substituents is 1. The number of aromatic nitrogens is 3. The van der Waals surface area contributed by atoms with Crippen molar-refractivity contribution in [2.45, 2.75) is 6.18 Å². The second kappa shape index (κ2) is 6.90. The topological polar surface area (TPSA) is 131 Å². The molecule has 1 aliphatic rings. The van der Waals surface area contributed by atoms with Crippen molar-refractivity contribution in [2.75, 3.05) is 13.1 Å². The number of benzene rings is 1. The highest BCUT2D eigenvalue weighted by Gasteiger charge is 2.53. The van der Waals surface area contributed by atoms with E-state index in [2.05, 4.69) is 10.1 Å². The highest BCUT2D eigenvalue weighted by Crippen LogP contribution is 2.38. The van der Waals surface area contributed by atoms with Crippen molar-refractivity contribution in [2.24, 2.45) is 11.8 Å². The Morgan fingerprint density at radius 3 is 2.50 bits per heavy atom. The highest BCUT2D eigenvalue weighted by molar-refractivity contribution is 5.96. The Bertz CT molecular complexity index is 931. The minimum Gasteiger partial charge on any atom is -0.481 e. The molecular formula is C15H12F3N5O5. The molecule has 10 nitrogen and oxygen atoms in total. The molecule has 2 heterocycles. The SMILES string of the molecule is O=C(O)[C@@H]1CN(C(=O)c2ccc(-n3cncn3)c([N+](=O)[O-])c2)C[C@H]1C(F)(F)F. The minimum absolute atomic E-state index is 0.0112. The average molecular weight is 399 g/mol. The van der Waals surface area contributed by atoms with Gasteiger partial charge in [-0.15, -0.1) is 0 Å². The van der Waals surface area contributed by atoms with Gasteiger partial charge >= 0.3 is 12.1 Å². The molecule has 1 N–H and O–H groups in total. The van der Waals surface area contributed by atoms with Gasteiger partial charge in [0.1, 0.15) is 18.3 Å². The van der Waals surface area contributed by atoms with Crippen LogP contribution in [0.4, 0.5) is 18.9 Å². The molecule has 0 radical (unpaired) electrons. The third kappa shape index (κ3) is 3.50. The smallest absolute Gasteiger partial charge is 0.394 e. The third-order valence-corrected chi connectivity index (χ3v) is 4.43. The van der Waals surface area contributed by atoms with Crippen molar-refractivity contribution in [3.8, 4) is 5.69 Å². The van der Waals surface area contributed by atoms with Gasteiger partial charge in [0, 0.05) is 24.7 Å². The summed E-state index contributed by atoms with van der Waals surface area (Å²) in [4.78, 5) is 38.7. The molecule has 1 fully saturated rings. The van der Waals surface area contributed by atoms with Gasteiger partial charge < -0.3 is 10.0 Å². The van der Waals surface area contributed by atoms with Crippen LogP contribution in [0.25, 0.3) is 5.69 Å². The molecule has 28 heavy (non-hydrogen) atoms. The Morgan fingerprint density at radius 2 is 2.00 bits per heavy atom. The lowest BCUT2D eigenvalue weighted by Crippen LogP contribution is -2.34. The zero-order chi connectivity index (χ0) is 20.6. The second-order valence-electron chi connectivity index (χ2n) is 6.10. The van der Waals surface area contributed by atoms with Gasteiger partial charge in [0.15, 0.2) is 0 Å². The van der Waals surface area contributed by atoms with Crippen LogP contribution in [-0.2, 0) is 4.79 Å². The number of likely N-dealkylation sites (tertiary alicyclic amines) is 1. The van der Waals surface area contributed by atoms with Gasteiger partial charge in [0.25, 0.3) is 11.6 Å². The van der Waals surface area contributed by atoms with Crippen LogP contribution < -0.4 is 0 Å². The van der Waals surface area contributed by atoms with Gasteiger partial charge in [0.2, 0.25) is 0 Å². The van der Waals surface area contributed by atoms with Crippen LogP contribution in [0.1, 0.15) is 10.4 Å². The predicted molar refractivity (Wildman–Crippen MR) is 84.6 cm³/mol. The molecule has 0 bridgehead atoms. The molecule has 13 heteroatoms. The summed E-state index contributed by atoms with van der Waals surface area (Å²) in [6.07, 6.45) is -2.44. The van der Waals surface area contributed by atoms with Crippen molar-refractivity contribution >= 4 is 17.6 Å². The summed E-state index contributed by atoms with van der Waals surface area (Å²) in [6.45, 7) is -1.48. The Morgan fingerprint density at radius 1 is 1.29 bits per heavy atom. The lowest BCUT2D eigenvalue weighted by atomic mass is 9.96. The molecule has 0 spiro atoms. The number of nitrogens with zero attached hydrogens (tertiary/aromatic N) is 5. The lowest BCUT2D eigenvalue weighted by molar-refractivity contribution is -0.384. The van der Waals surface area contributed by atoms with Crippen molar-refractivity contribution < 1.29 is 32.8 Å². The highest BCUT2D eigenvalue weighted by atomic mass is 19.4. The van der Waals surface area contributed by atoms with E-state index >= 15 is 0 Å². The number of hydrogen-bond donors (Lipinski definition) is 1. The Labute approximate surface area is 154 Å². The van der Waals surface area contributed by atoms with Gasteiger partial charge in [-0.3, -0.25) is 19.7 Å². The number of carbonyl (C=O) groups is 2. The molecule has 0 aliphatic carbocycles. The molecule has 1 saturated heterocycles. The van der Waals surface area contributed by atoms with E-state index < -0.39 is 53.6 Å². The summed E-state index contributed by atoms with van der Waals surface area (Å²) in [5.74, 6) is -6.59. The Balaban J connectivity index is 1.92. The average Bonchev–Trinajstić information content (AvgIpc) is 3.30. The molecule has 1 amide bonds. The van der Waals surface area contributed by atoms with Gasteiger partial charge in [0.05, 0.1) is 16.8 Å². The van der Waals surface area contributed by atoms with Crippen LogP contribution in [0, 0.1) is 22.0 Å². The van der Waals surface area contributed by atoms with Crippen molar-refractivity contribution in [1.29, 1.82) is 0 Å². The summed E-state index contributed by atoms with van der Waals surface area (Å²) in [7, 11) is 0. The van der Waals surface area contributed by atoms with E-state index in [9.17, 15) is 32.9 Å². The summed E-state index contributed by atoms with van der Waals surface area (Å²) in [5.41, 5.74) is -0.725. The van der Waals surface area contributed by atoms with E-state index in [0.717, 1.165) is 22.0 Å². The summed E-state index contributed by atoms with van der Waals surface area (Å²) in [6, 6.07) is 3.32. The zero-order valence-electron chi connectivity index (χ0n) is 13.9. The largest absolute Gasteiger partial charge is 0.481 e. The number of hydrogen-bond acceptors (Lipinski definition) is 6. The molecule has 148 valence electrons. The predicted octanol–water partition coefficient (Wildman–Crippen LogP) is 1.51. The Kier molecular flexibility index (Phi) is 4.75. The van der Waals surface area contributed by atoms with Crippen LogP contribution in [-0.4, -0.2) is 60.8 Å². The fourth-order valence-corrected chi connectivity index (χ4v) is 3.06. The van der Waals surface area contributed by atoms with Crippen LogP contribution in [0.5, 0.6) is 0 Å². The number of carboxylic acid groups (broad SMARTS) is 1. The van der Waals surface area contributed by atoms with E-state index in [0.29, 0.717) is 0 Å². The fourth-order valence-electron chi connectivity index (χ4n) is 3.06. The normalized spacial score (nSPS) is 19.6. The first kappa shape index (κ1) is 19.3. The van der Waals surface area contributed by atoms with E-state index in [1.54, 1.807) is 0 Å². The van der Waals surface area contributed by atoms with Crippen molar-refractivity contribution in [1.82, 2.24) is 19.7 Å². The number of nitro groups is 1. The van der Waals surface area contributed by atoms with Gasteiger partial charge in [-0.2, -0.15) is 18.3 Å². The van der Waals surface area contributed by atoms with Crippen molar-refractivity contribution in [3.63, 3.8) is 0 Å². The number of rotatable bonds is 4. The lowest BCUT2D eigenvalue weighted by Gasteiger charge is -2.18. The molecule has 0 saturated carbocycles. The first-order valence-corrected chi connectivity index (χ1v) is 7.82. The maximum absolute atomic E-state index is 13.1. The first-order valence-electron chi connectivity index (χ1n) is 7.82. The standard InChI is InChI=1S/C15H12F3N5O5/c16-15(17,18)10-5-21(4-9(10)14(25)26)13(24)8-1-2-11(12(3-8)23(27)28)22-7-19-6-20-22/h1-3,6-7,9-10H,4-5H2,(H,25,26)/t9-,10-/m1/s1. The summed E-state index contributed by atoms with van der Waals surface area (Å²) >= 11 is 0. The molecule has 1 aromatic heterocycles. The second-order valence-corrected chi connectivity index (χ2v) is 6.10. The van der Waals surface area contributed by atoms with E-state index in [4.69, 9.17) is 5.11 Å². The van der Waals surface area contributed by atoms with Crippen molar-refractivity contribution in [3.05, 3.63) is 46.5 Å². The number of carboxylic acids is 1. The maximum atomic E-state index is 13.1. The molecule has 1 aliphatic heterocycles. The molecule has 0 unspecified atom stereocenters. The fraction of sp³-hybridized carbons (Fsp3) is 0.333. The van der Waals surface area contributed by atoms with Crippen LogP contribution in [0.15, 0.2) is 30.9 Å². The molecule has 2 atom stereocenters.